The Morgan fingerprint density at radius 1 is 0.814 bits per heavy atom. The second kappa shape index (κ2) is 14.2. The topological polar surface area (TPSA) is 96.5 Å². The van der Waals surface area contributed by atoms with Gasteiger partial charge in [0.1, 0.15) is 17.1 Å². The summed E-state index contributed by atoms with van der Waals surface area (Å²) in [6, 6.07) is 21.6. The van der Waals surface area contributed by atoms with Gasteiger partial charge in [-0.1, -0.05) is 36.4 Å². The van der Waals surface area contributed by atoms with E-state index in [-0.39, 0.29) is 17.5 Å². The molecule has 12 heteroatoms. The predicted octanol–water partition coefficient (Wildman–Crippen LogP) is 6.39. The highest BCUT2D eigenvalue weighted by Gasteiger charge is 2.21. The number of rotatable bonds is 10. The van der Waals surface area contributed by atoms with E-state index in [1.807, 2.05) is 5.32 Å². The zero-order valence-electron chi connectivity index (χ0n) is 22.4. The lowest BCUT2D eigenvalue weighted by molar-refractivity contribution is -0.114. The fourth-order valence-electron chi connectivity index (χ4n) is 3.72. The van der Waals surface area contributed by atoms with E-state index in [0.29, 0.717) is 27.5 Å². The number of halogens is 4. The fourth-order valence-corrected chi connectivity index (χ4v) is 4.42. The van der Waals surface area contributed by atoms with Gasteiger partial charge in [-0.3, -0.25) is 14.4 Å². The molecule has 0 saturated carbocycles. The molecule has 4 aromatic carbocycles. The molecule has 3 N–H and O–H groups in total. The standard InChI is InChI=1S/C31H23F4N3O4S/c1-42-25-10-6-5-9-19(25)15-24(37-30(40)18-7-3-2-4-8-18)31(41)36-20-11-13-21(14-12-20)43-17-26(39)38-29-27(34)22(32)16-23(33)28(29)35/h2-16H,17H2,1H3,(H,36,41)(H,37,40)(H,38,39)/b24-15-. The summed E-state index contributed by atoms with van der Waals surface area (Å²) >= 11 is 0.974. The number of anilines is 2. The van der Waals surface area contributed by atoms with Crippen LogP contribution in [0, 0.1) is 23.3 Å². The van der Waals surface area contributed by atoms with E-state index >= 15 is 0 Å². The third-order valence-corrected chi connectivity index (χ3v) is 6.84. The van der Waals surface area contributed by atoms with Crippen molar-refractivity contribution >= 4 is 46.9 Å². The molecule has 0 heterocycles. The summed E-state index contributed by atoms with van der Waals surface area (Å²) in [5.41, 5.74) is -0.00813. The first-order chi connectivity index (χ1) is 20.7. The van der Waals surface area contributed by atoms with Crippen LogP contribution in [0.1, 0.15) is 15.9 Å². The van der Waals surface area contributed by atoms with Gasteiger partial charge in [-0.15, -0.1) is 11.8 Å². The second-order valence-electron chi connectivity index (χ2n) is 8.78. The summed E-state index contributed by atoms with van der Waals surface area (Å²) < 4.78 is 59.8. The highest BCUT2D eigenvalue weighted by Crippen LogP contribution is 2.26. The molecule has 0 atom stereocenters. The van der Waals surface area contributed by atoms with Gasteiger partial charge >= 0.3 is 0 Å². The first-order valence-electron chi connectivity index (χ1n) is 12.5. The van der Waals surface area contributed by atoms with E-state index in [9.17, 15) is 31.9 Å². The normalized spacial score (nSPS) is 11.0. The molecule has 0 aliphatic carbocycles. The lowest BCUT2D eigenvalue weighted by atomic mass is 10.1. The average molecular weight is 610 g/mol. The van der Waals surface area contributed by atoms with Gasteiger partial charge in [0.05, 0.1) is 12.9 Å². The molecule has 3 amide bonds. The number of para-hydroxylation sites is 1. The molecule has 0 fully saturated rings. The number of ether oxygens (including phenoxy) is 1. The van der Waals surface area contributed by atoms with Crippen molar-refractivity contribution in [1.82, 2.24) is 5.32 Å². The smallest absolute Gasteiger partial charge is 0.272 e. The van der Waals surface area contributed by atoms with Gasteiger partial charge in [0.15, 0.2) is 23.3 Å². The molecule has 220 valence electrons. The molecule has 43 heavy (non-hydrogen) atoms. The molecule has 4 aromatic rings. The maximum atomic E-state index is 13.8. The maximum Gasteiger partial charge on any atom is 0.272 e. The van der Waals surface area contributed by atoms with E-state index < -0.39 is 46.7 Å². The van der Waals surface area contributed by atoms with Crippen LogP contribution in [0.15, 0.2) is 95.5 Å². The van der Waals surface area contributed by atoms with Gasteiger partial charge in [0.25, 0.3) is 11.8 Å². The second-order valence-corrected chi connectivity index (χ2v) is 9.83. The first kappa shape index (κ1) is 30.8. The number of thioether (sulfide) groups is 1. The van der Waals surface area contributed by atoms with Crippen molar-refractivity contribution in [3.05, 3.63) is 125 Å². The minimum atomic E-state index is -1.71. The quantitative estimate of drug-likeness (QED) is 0.0838. The molecule has 0 aromatic heterocycles. The summed E-state index contributed by atoms with van der Waals surface area (Å²) in [4.78, 5) is 38.8. The molecule has 0 unspecified atom stereocenters. The SMILES string of the molecule is COc1ccccc1/C=C(\NC(=O)c1ccccc1)C(=O)Nc1ccc(SCC(=O)Nc2c(F)c(F)cc(F)c2F)cc1. The zero-order valence-corrected chi connectivity index (χ0v) is 23.2. The number of carbonyl (C=O) groups excluding carboxylic acids is 3. The fraction of sp³-hybridized carbons (Fsp3) is 0.0645. The number of hydrogen-bond acceptors (Lipinski definition) is 5. The summed E-state index contributed by atoms with van der Waals surface area (Å²) in [6.07, 6.45) is 1.48. The van der Waals surface area contributed by atoms with Gasteiger partial charge in [0, 0.05) is 27.8 Å². The summed E-state index contributed by atoms with van der Waals surface area (Å²) in [6.45, 7) is 0. The van der Waals surface area contributed by atoms with E-state index in [1.54, 1.807) is 78.9 Å². The van der Waals surface area contributed by atoms with Gasteiger partial charge in [0.2, 0.25) is 5.91 Å². The third-order valence-electron chi connectivity index (χ3n) is 5.83. The molecule has 0 spiro atoms. The van der Waals surface area contributed by atoms with Gasteiger partial charge in [-0.25, -0.2) is 17.6 Å². The van der Waals surface area contributed by atoms with Gasteiger partial charge in [-0.2, -0.15) is 0 Å². The average Bonchev–Trinajstić information content (AvgIpc) is 3.02. The molecule has 0 bridgehead atoms. The Labute approximate surface area is 248 Å². The molecule has 0 radical (unpaired) electrons. The van der Waals surface area contributed by atoms with E-state index in [2.05, 4.69) is 10.6 Å². The van der Waals surface area contributed by atoms with E-state index in [4.69, 9.17) is 4.74 Å². The van der Waals surface area contributed by atoms with Crippen LogP contribution in [0.4, 0.5) is 28.9 Å². The Morgan fingerprint density at radius 3 is 2.09 bits per heavy atom. The number of benzene rings is 4. The van der Waals surface area contributed by atoms with Crippen LogP contribution in [0.25, 0.3) is 6.08 Å². The van der Waals surface area contributed by atoms with Crippen LogP contribution in [0.3, 0.4) is 0 Å². The molecule has 0 saturated heterocycles. The van der Waals surface area contributed by atoms with Crippen LogP contribution in [-0.4, -0.2) is 30.6 Å². The monoisotopic (exact) mass is 609 g/mol. The highest BCUT2D eigenvalue weighted by atomic mass is 32.2. The number of hydrogen-bond donors (Lipinski definition) is 3. The van der Waals surface area contributed by atoms with Crippen molar-refractivity contribution in [2.24, 2.45) is 0 Å². The van der Waals surface area contributed by atoms with Crippen molar-refractivity contribution in [2.75, 3.05) is 23.5 Å². The summed E-state index contributed by atoms with van der Waals surface area (Å²) in [5.74, 6) is -8.57. The Hall–Kier alpha value is -5.10. The Morgan fingerprint density at radius 2 is 1.44 bits per heavy atom. The molecule has 4 rings (SSSR count). The summed E-state index contributed by atoms with van der Waals surface area (Å²) in [7, 11) is 1.48. The van der Waals surface area contributed by atoms with Crippen LogP contribution >= 0.6 is 11.8 Å². The molecule has 0 aliphatic rings. The van der Waals surface area contributed by atoms with Crippen molar-refractivity contribution < 1.29 is 36.7 Å². The van der Waals surface area contributed by atoms with E-state index in [0.717, 1.165) is 11.8 Å². The number of nitrogens with one attached hydrogen (secondary N) is 3. The molecular weight excluding hydrogens is 586 g/mol. The Bertz CT molecular complexity index is 1660. The molecular formula is C31H23F4N3O4S. The number of carbonyl (C=O) groups is 3. The third kappa shape index (κ3) is 8.01. The van der Waals surface area contributed by atoms with Crippen molar-refractivity contribution in [3.8, 4) is 5.75 Å². The largest absolute Gasteiger partial charge is 0.496 e. The van der Waals surface area contributed by atoms with Gasteiger partial charge in [-0.05, 0) is 48.5 Å². The minimum absolute atomic E-state index is 0.0455. The number of methoxy groups -OCH3 is 1. The number of amides is 3. The summed E-state index contributed by atoms with van der Waals surface area (Å²) in [5, 5.41) is 7.18. The maximum absolute atomic E-state index is 13.8. The Balaban J connectivity index is 1.44. The van der Waals surface area contributed by atoms with Crippen molar-refractivity contribution in [3.63, 3.8) is 0 Å². The highest BCUT2D eigenvalue weighted by molar-refractivity contribution is 8.00. The van der Waals surface area contributed by atoms with Crippen molar-refractivity contribution in [2.45, 2.75) is 4.90 Å². The first-order valence-corrected chi connectivity index (χ1v) is 13.5. The van der Waals surface area contributed by atoms with Gasteiger partial charge < -0.3 is 20.7 Å². The minimum Gasteiger partial charge on any atom is -0.496 e. The zero-order chi connectivity index (χ0) is 30.9. The Kier molecular flexibility index (Phi) is 10.2. The van der Waals surface area contributed by atoms with Crippen LogP contribution in [0.2, 0.25) is 0 Å². The van der Waals surface area contributed by atoms with Crippen LogP contribution < -0.4 is 20.7 Å². The van der Waals surface area contributed by atoms with Crippen LogP contribution in [-0.2, 0) is 9.59 Å². The molecule has 0 aliphatic heterocycles. The molecule has 7 nitrogen and oxygen atoms in total. The predicted molar refractivity (Wildman–Crippen MR) is 156 cm³/mol. The van der Waals surface area contributed by atoms with E-state index in [1.165, 1.54) is 13.2 Å². The van der Waals surface area contributed by atoms with Crippen molar-refractivity contribution in [1.29, 1.82) is 0 Å². The lowest BCUT2D eigenvalue weighted by Gasteiger charge is -2.13. The van der Waals surface area contributed by atoms with Crippen LogP contribution in [0.5, 0.6) is 5.75 Å². The lowest BCUT2D eigenvalue weighted by Crippen LogP contribution is -2.30.